The second kappa shape index (κ2) is 15.0. The zero-order valence-corrected chi connectivity index (χ0v) is 23.3. The highest BCUT2D eigenvalue weighted by atomic mass is 19.3. The van der Waals surface area contributed by atoms with Gasteiger partial charge in [0.1, 0.15) is 6.10 Å². The Morgan fingerprint density at radius 1 is 1.10 bits per heavy atom. The Balaban J connectivity index is 1.72. The van der Waals surface area contributed by atoms with E-state index in [-0.39, 0.29) is 30.6 Å². The normalized spacial score (nSPS) is 29.6. The summed E-state index contributed by atoms with van der Waals surface area (Å²) in [4.78, 5) is 36.0. The highest BCUT2D eigenvalue weighted by Gasteiger charge is 2.48. The number of ketones is 1. The van der Waals surface area contributed by atoms with Gasteiger partial charge in [0, 0.05) is 44.1 Å². The number of methoxy groups -OCH3 is 1. The van der Waals surface area contributed by atoms with Gasteiger partial charge < -0.3 is 18.9 Å². The minimum atomic E-state index is -3.46. The molecule has 0 aromatic heterocycles. The van der Waals surface area contributed by atoms with Crippen LogP contribution < -0.4 is 0 Å². The summed E-state index contributed by atoms with van der Waals surface area (Å²) in [5, 5.41) is 0. The molecule has 220 valence electrons. The molecule has 2 unspecified atom stereocenters. The molecule has 1 saturated heterocycles. The van der Waals surface area contributed by atoms with Crippen LogP contribution in [0.3, 0.4) is 0 Å². The maximum absolute atomic E-state index is 15.0. The Labute approximate surface area is 230 Å². The molecule has 1 heterocycles. The van der Waals surface area contributed by atoms with Gasteiger partial charge in [-0.2, -0.15) is 8.78 Å². The van der Waals surface area contributed by atoms with Crippen LogP contribution in [0.5, 0.6) is 0 Å². The van der Waals surface area contributed by atoms with E-state index >= 15 is 0 Å². The number of ether oxygens (including phenoxy) is 4. The molecule has 0 N–H and O–H groups in total. The van der Waals surface area contributed by atoms with E-state index in [0.717, 1.165) is 56.6 Å². The Morgan fingerprint density at radius 3 is 2.51 bits per heavy atom. The lowest BCUT2D eigenvalue weighted by Gasteiger charge is -2.29. The van der Waals surface area contributed by atoms with Gasteiger partial charge in [-0.15, -0.1) is 0 Å². The number of alkyl halides is 2. The molecule has 3 rings (SSSR count). The van der Waals surface area contributed by atoms with Crippen LogP contribution >= 0.6 is 0 Å². The van der Waals surface area contributed by atoms with Crippen molar-refractivity contribution < 1.29 is 42.1 Å². The van der Waals surface area contributed by atoms with Gasteiger partial charge in [-0.25, -0.2) is 0 Å². The number of esters is 2. The lowest BCUT2D eigenvalue weighted by molar-refractivity contribution is -0.193. The number of hydrogen-bond donors (Lipinski definition) is 0. The van der Waals surface area contributed by atoms with Gasteiger partial charge in [-0.1, -0.05) is 37.5 Å². The van der Waals surface area contributed by atoms with Crippen LogP contribution in [-0.4, -0.2) is 55.9 Å². The van der Waals surface area contributed by atoms with E-state index < -0.39 is 42.1 Å². The van der Waals surface area contributed by atoms with Crippen molar-refractivity contribution >= 4 is 17.7 Å². The summed E-state index contributed by atoms with van der Waals surface area (Å²) < 4.78 is 52.4. The zero-order valence-electron chi connectivity index (χ0n) is 23.3. The molecule has 0 radical (unpaired) electrons. The van der Waals surface area contributed by atoms with Gasteiger partial charge in [0.25, 0.3) is 0 Å². The Bertz CT molecular complexity index is 881. The molecule has 0 aromatic carbocycles. The third-order valence-corrected chi connectivity index (χ3v) is 8.24. The van der Waals surface area contributed by atoms with Crippen molar-refractivity contribution in [2.24, 2.45) is 17.8 Å². The first-order valence-electron chi connectivity index (χ1n) is 14.4. The van der Waals surface area contributed by atoms with E-state index in [1.54, 1.807) is 6.08 Å². The standard InChI is InChI=1S/C30H44F2O7/c1-20-13-14-22(18-20)30(31,32)27(34)16-15-24-23(10-6-4-5-7-11-28(35)36-3)25(38-21(2)33)19-26(24)39-29-12-8-9-17-37-29/h15-16,22-26,29H,1,4-14,17-19H2,2-3H3/b16-15+/t22?,23-,24-,25+,26-,29?/m1/s1. The molecule has 0 spiro atoms. The Hall–Kier alpha value is -2.13. The summed E-state index contributed by atoms with van der Waals surface area (Å²) in [5.74, 6) is -6.90. The van der Waals surface area contributed by atoms with Crippen LogP contribution in [0, 0.1) is 17.8 Å². The lowest BCUT2D eigenvalue weighted by Crippen LogP contribution is -2.35. The summed E-state index contributed by atoms with van der Waals surface area (Å²) >= 11 is 0. The fourth-order valence-corrected chi connectivity index (χ4v) is 6.09. The van der Waals surface area contributed by atoms with E-state index in [1.165, 1.54) is 14.0 Å². The molecule has 0 bridgehead atoms. The molecule has 9 heteroatoms. The quantitative estimate of drug-likeness (QED) is 0.111. The first-order valence-corrected chi connectivity index (χ1v) is 14.4. The van der Waals surface area contributed by atoms with Gasteiger partial charge >= 0.3 is 17.9 Å². The summed E-state index contributed by atoms with van der Waals surface area (Å²) in [6.45, 7) is 5.75. The van der Waals surface area contributed by atoms with Crippen molar-refractivity contribution in [2.45, 2.75) is 115 Å². The highest BCUT2D eigenvalue weighted by Crippen LogP contribution is 2.43. The van der Waals surface area contributed by atoms with E-state index in [1.807, 2.05) is 0 Å². The van der Waals surface area contributed by atoms with Crippen molar-refractivity contribution in [3.63, 3.8) is 0 Å². The number of unbranched alkanes of at least 4 members (excludes halogenated alkanes) is 3. The topological polar surface area (TPSA) is 88.1 Å². The van der Waals surface area contributed by atoms with Crippen molar-refractivity contribution in [3.05, 3.63) is 24.3 Å². The average molecular weight is 555 g/mol. The smallest absolute Gasteiger partial charge is 0.312 e. The molecule has 0 amide bonds. The number of carbonyl (C=O) groups excluding carboxylic acids is 3. The monoisotopic (exact) mass is 554 g/mol. The predicted octanol–water partition coefficient (Wildman–Crippen LogP) is 6.10. The lowest BCUT2D eigenvalue weighted by atomic mass is 9.87. The Morgan fingerprint density at radius 2 is 1.87 bits per heavy atom. The average Bonchev–Trinajstić information content (AvgIpc) is 3.48. The van der Waals surface area contributed by atoms with Crippen molar-refractivity contribution in [1.29, 1.82) is 0 Å². The van der Waals surface area contributed by atoms with Gasteiger partial charge in [0.2, 0.25) is 5.78 Å². The number of halogens is 2. The van der Waals surface area contributed by atoms with Crippen LogP contribution in [-0.2, 0) is 33.3 Å². The molecule has 6 atom stereocenters. The Kier molecular flexibility index (Phi) is 12.1. The van der Waals surface area contributed by atoms with Gasteiger partial charge in [0.05, 0.1) is 13.2 Å². The van der Waals surface area contributed by atoms with E-state index in [2.05, 4.69) is 11.3 Å². The maximum atomic E-state index is 15.0. The van der Waals surface area contributed by atoms with Crippen LogP contribution in [0.25, 0.3) is 0 Å². The van der Waals surface area contributed by atoms with Crippen LogP contribution in [0.2, 0.25) is 0 Å². The minimum absolute atomic E-state index is 0.161. The van der Waals surface area contributed by atoms with E-state index in [9.17, 15) is 23.2 Å². The summed E-state index contributed by atoms with van der Waals surface area (Å²) in [6, 6.07) is 0. The van der Waals surface area contributed by atoms with Crippen molar-refractivity contribution in [1.82, 2.24) is 0 Å². The minimum Gasteiger partial charge on any atom is -0.469 e. The fourth-order valence-electron chi connectivity index (χ4n) is 6.09. The van der Waals surface area contributed by atoms with Crippen LogP contribution in [0.15, 0.2) is 24.3 Å². The molecule has 7 nitrogen and oxygen atoms in total. The molecule has 2 saturated carbocycles. The second-order valence-electron chi connectivity index (χ2n) is 11.2. The molecule has 2 aliphatic carbocycles. The second-order valence-corrected chi connectivity index (χ2v) is 11.2. The number of hydrogen-bond acceptors (Lipinski definition) is 7. The largest absolute Gasteiger partial charge is 0.469 e. The molecular weight excluding hydrogens is 510 g/mol. The first kappa shape index (κ1) is 31.4. The van der Waals surface area contributed by atoms with Crippen LogP contribution in [0.1, 0.15) is 90.4 Å². The number of rotatable bonds is 14. The summed E-state index contributed by atoms with van der Waals surface area (Å²) in [7, 11) is 1.37. The highest BCUT2D eigenvalue weighted by molar-refractivity contribution is 5.96. The van der Waals surface area contributed by atoms with Crippen LogP contribution in [0.4, 0.5) is 8.78 Å². The summed E-state index contributed by atoms with van der Waals surface area (Å²) in [5.41, 5.74) is 0.754. The molecule has 3 aliphatic rings. The van der Waals surface area contributed by atoms with Crippen molar-refractivity contribution in [2.75, 3.05) is 13.7 Å². The van der Waals surface area contributed by atoms with Gasteiger partial charge in [-0.05, 0) is 57.4 Å². The summed E-state index contributed by atoms with van der Waals surface area (Å²) in [6.07, 6.45) is 9.55. The van der Waals surface area contributed by atoms with Crippen molar-refractivity contribution in [3.8, 4) is 0 Å². The molecule has 3 fully saturated rings. The fraction of sp³-hybridized carbons (Fsp3) is 0.767. The number of carbonyl (C=O) groups is 3. The van der Waals surface area contributed by atoms with E-state index in [0.29, 0.717) is 32.3 Å². The first-order chi connectivity index (χ1) is 18.6. The van der Waals surface area contributed by atoms with Gasteiger partial charge in [-0.3, -0.25) is 14.4 Å². The maximum Gasteiger partial charge on any atom is 0.312 e. The zero-order chi connectivity index (χ0) is 28.4. The third-order valence-electron chi connectivity index (χ3n) is 8.24. The predicted molar refractivity (Wildman–Crippen MR) is 141 cm³/mol. The third kappa shape index (κ3) is 9.20. The molecule has 39 heavy (non-hydrogen) atoms. The molecule has 0 aromatic rings. The van der Waals surface area contributed by atoms with E-state index in [4.69, 9.17) is 14.2 Å². The molecular formula is C30H44F2O7. The van der Waals surface area contributed by atoms with Gasteiger partial charge in [0.15, 0.2) is 6.29 Å². The SMILES string of the molecule is C=C1CCC(C(F)(F)C(=O)/C=C/[C@@H]2[C@@H](CCCCCCC(=O)OC)[C@@H](OC(C)=O)C[C@H]2OC2CCCCO2)C1. The number of allylic oxidation sites excluding steroid dienone is 2. The molecule has 1 aliphatic heterocycles.